The lowest BCUT2D eigenvalue weighted by atomic mass is 10.1. The Hall–Kier alpha value is -0.820. The summed E-state index contributed by atoms with van der Waals surface area (Å²) in [5.74, 6) is 0. The highest BCUT2D eigenvalue weighted by molar-refractivity contribution is 6.28. The van der Waals surface area contributed by atoms with Gasteiger partial charge in [0.05, 0.1) is 5.56 Å². The van der Waals surface area contributed by atoms with Crippen LogP contribution in [0.3, 0.4) is 0 Å². The smallest absolute Gasteiger partial charge is 0.203 e. The van der Waals surface area contributed by atoms with Crippen LogP contribution in [0.1, 0.15) is 44.2 Å². The summed E-state index contributed by atoms with van der Waals surface area (Å²) >= 11 is 6.15. The van der Waals surface area contributed by atoms with Gasteiger partial charge in [0.15, 0.2) is 6.21 Å². The van der Waals surface area contributed by atoms with E-state index in [0.717, 1.165) is 0 Å². The van der Waals surface area contributed by atoms with E-state index in [1.165, 1.54) is 16.8 Å². The second-order valence-electron chi connectivity index (χ2n) is 3.17. The molecule has 0 aliphatic carbocycles. The maximum Gasteiger partial charge on any atom is 0.210 e. The number of hydrogen-bond donors (Lipinski definition) is 0. The van der Waals surface area contributed by atoms with Crippen molar-refractivity contribution in [2.45, 2.75) is 40.0 Å². The van der Waals surface area contributed by atoms with Gasteiger partial charge in [-0.2, -0.15) is 0 Å². The summed E-state index contributed by atoms with van der Waals surface area (Å²) in [6.07, 6.45) is 2.03. The van der Waals surface area contributed by atoms with E-state index < -0.39 is 0 Å². The van der Waals surface area contributed by atoms with Crippen molar-refractivity contribution in [2.24, 2.45) is 0 Å². The van der Waals surface area contributed by atoms with Gasteiger partial charge in [-0.3, -0.25) is 0 Å². The predicted octanol–water partition coefficient (Wildman–Crippen LogP) is 4.69. The first-order valence-corrected chi connectivity index (χ1v) is 6.45. The van der Waals surface area contributed by atoms with E-state index in [-0.39, 0.29) is 5.38 Å². The van der Waals surface area contributed by atoms with Crippen molar-refractivity contribution in [3.8, 4) is 0 Å². The van der Waals surface area contributed by atoms with Gasteiger partial charge in [-0.25, -0.2) is 4.58 Å². The molecule has 1 aromatic rings. The molecule has 0 bridgehead atoms. The predicted molar refractivity (Wildman–Crippen MR) is 74.4 cm³/mol. The first kappa shape index (κ1) is 15.2. The molecule has 1 nitrogen and oxygen atoms in total. The van der Waals surface area contributed by atoms with E-state index in [0.29, 0.717) is 0 Å². The van der Waals surface area contributed by atoms with Crippen LogP contribution in [-0.4, -0.2) is 17.8 Å². The number of fused-ring (bicyclic) bond motifs is 1. The molecule has 1 heterocycles. The maximum absolute atomic E-state index is 6.15. The summed E-state index contributed by atoms with van der Waals surface area (Å²) in [4.78, 5) is 0. The van der Waals surface area contributed by atoms with Crippen LogP contribution in [0.2, 0.25) is 0 Å². The lowest BCUT2D eigenvalue weighted by molar-refractivity contribution is -0.396. The largest absolute Gasteiger partial charge is 0.210 e. The summed E-state index contributed by atoms with van der Waals surface area (Å²) < 4.78 is 2.08. The zero-order valence-corrected chi connectivity index (χ0v) is 12.0. The Balaban J connectivity index is 0.000000509. The van der Waals surface area contributed by atoms with Crippen LogP contribution in [0.25, 0.3) is 0 Å². The average Bonchev–Trinajstić information content (AvgIpc) is 2.61. The van der Waals surface area contributed by atoms with Gasteiger partial charge in [-0.15, -0.1) is 11.6 Å². The topological polar surface area (TPSA) is 3.01 Å². The fraction of sp³-hybridized carbons (Fsp3) is 0.500. The number of nitrogens with zero attached hydrogens (tertiary/aromatic N) is 1. The van der Waals surface area contributed by atoms with Gasteiger partial charge >= 0.3 is 0 Å². The number of alkyl halides is 1. The Morgan fingerprint density at radius 2 is 1.69 bits per heavy atom. The molecule has 1 aromatic carbocycles. The van der Waals surface area contributed by atoms with Gasteiger partial charge in [0.1, 0.15) is 12.4 Å². The number of halogens is 1. The van der Waals surface area contributed by atoms with Crippen LogP contribution >= 0.6 is 11.6 Å². The Kier molecular flexibility index (Phi) is 7.07. The highest BCUT2D eigenvalue weighted by atomic mass is 35.5. The highest BCUT2D eigenvalue weighted by Gasteiger charge is 2.27. The second-order valence-corrected chi connectivity index (χ2v) is 3.64. The summed E-state index contributed by atoms with van der Waals surface area (Å²) in [6, 6.07) is 6.26. The summed E-state index contributed by atoms with van der Waals surface area (Å²) in [5.41, 5.74) is 3.75. The number of benzene rings is 1. The molecule has 0 spiro atoms. The minimum atomic E-state index is 0.0474. The molecule has 0 saturated heterocycles. The average molecular weight is 241 g/mol. The first-order chi connectivity index (χ1) is 7.70. The van der Waals surface area contributed by atoms with E-state index in [9.17, 15) is 0 Å². The molecule has 16 heavy (non-hydrogen) atoms. The van der Waals surface area contributed by atoms with Crippen LogP contribution in [0.15, 0.2) is 18.2 Å². The Morgan fingerprint density at radius 1 is 1.12 bits per heavy atom. The van der Waals surface area contributed by atoms with Gasteiger partial charge in [-0.05, 0) is 12.5 Å². The fourth-order valence-corrected chi connectivity index (χ4v) is 2.14. The van der Waals surface area contributed by atoms with Crippen LogP contribution in [-0.2, 0) is 0 Å². The third-order valence-corrected chi connectivity index (χ3v) is 2.64. The lowest BCUT2D eigenvalue weighted by Crippen LogP contribution is -1.92. The molecule has 0 amide bonds. The molecule has 0 N–H and O–H groups in total. The quantitative estimate of drug-likeness (QED) is 0.457. The molecule has 0 aromatic heterocycles. The van der Waals surface area contributed by atoms with Crippen molar-refractivity contribution in [3.63, 3.8) is 0 Å². The fourth-order valence-electron chi connectivity index (χ4n) is 1.68. The van der Waals surface area contributed by atoms with Gasteiger partial charge < -0.3 is 0 Å². The monoisotopic (exact) mass is 240 g/mol. The first-order valence-electron chi connectivity index (χ1n) is 6.01. The van der Waals surface area contributed by atoms with E-state index in [1.54, 1.807) is 0 Å². The van der Waals surface area contributed by atoms with Crippen LogP contribution in [0, 0.1) is 6.92 Å². The Bertz CT molecular complexity index is 356. The lowest BCUT2D eigenvalue weighted by Gasteiger charge is -2.00. The van der Waals surface area contributed by atoms with Gasteiger partial charge in [0.25, 0.3) is 0 Å². The molecule has 1 aliphatic rings. The van der Waals surface area contributed by atoms with Gasteiger partial charge in [0.2, 0.25) is 5.69 Å². The van der Waals surface area contributed by atoms with Crippen molar-refractivity contribution < 1.29 is 4.58 Å². The number of hydrogen-bond acceptors (Lipinski definition) is 0. The summed E-state index contributed by atoms with van der Waals surface area (Å²) in [7, 11) is 2.03. The van der Waals surface area contributed by atoms with E-state index >= 15 is 0 Å². The Labute approximate surface area is 105 Å². The minimum Gasteiger partial charge on any atom is -0.203 e. The second kappa shape index (κ2) is 7.45. The third kappa shape index (κ3) is 3.08. The SMILES string of the molecule is CC.CC.Cc1cccc2c1C(Cl)C=[N+]2C. The minimum absolute atomic E-state index is 0.0474. The normalized spacial score (nSPS) is 16.2. The van der Waals surface area contributed by atoms with Crippen LogP contribution < -0.4 is 0 Å². The zero-order valence-electron chi connectivity index (χ0n) is 11.2. The van der Waals surface area contributed by atoms with E-state index in [1.807, 2.05) is 41.0 Å². The van der Waals surface area contributed by atoms with Gasteiger partial charge in [-0.1, -0.05) is 39.8 Å². The third-order valence-electron chi connectivity index (χ3n) is 2.31. The van der Waals surface area contributed by atoms with Crippen molar-refractivity contribution >= 4 is 23.5 Å². The molecular weight excluding hydrogens is 218 g/mol. The zero-order chi connectivity index (χ0) is 12.7. The van der Waals surface area contributed by atoms with Gasteiger partial charge in [0, 0.05) is 6.07 Å². The number of aryl methyl sites for hydroxylation is 1. The van der Waals surface area contributed by atoms with Crippen molar-refractivity contribution in [2.75, 3.05) is 7.05 Å². The molecule has 0 fully saturated rings. The maximum atomic E-state index is 6.15. The molecule has 1 unspecified atom stereocenters. The van der Waals surface area contributed by atoms with Crippen molar-refractivity contribution in [3.05, 3.63) is 29.3 Å². The summed E-state index contributed by atoms with van der Waals surface area (Å²) in [6.45, 7) is 10.1. The van der Waals surface area contributed by atoms with Crippen LogP contribution in [0.4, 0.5) is 5.69 Å². The molecule has 2 heteroatoms. The van der Waals surface area contributed by atoms with Crippen LogP contribution in [0.5, 0.6) is 0 Å². The van der Waals surface area contributed by atoms with E-state index in [4.69, 9.17) is 11.6 Å². The summed E-state index contributed by atoms with van der Waals surface area (Å²) in [5, 5.41) is 0.0474. The molecule has 90 valence electrons. The molecule has 1 atom stereocenters. The van der Waals surface area contributed by atoms with Crippen molar-refractivity contribution in [1.29, 1.82) is 0 Å². The molecule has 2 rings (SSSR count). The standard InChI is InChI=1S/C10H11ClN.2C2H6/c1-7-4-3-5-9-10(7)8(11)6-12(9)2;2*1-2/h3-6,8H,1-2H3;2*1-2H3/q+1;;. The number of rotatable bonds is 0. The highest BCUT2D eigenvalue weighted by Crippen LogP contribution is 2.35. The van der Waals surface area contributed by atoms with Crippen molar-refractivity contribution in [1.82, 2.24) is 0 Å². The Morgan fingerprint density at radius 3 is 2.19 bits per heavy atom. The molecule has 0 saturated carbocycles. The molecular formula is C14H23ClN+. The van der Waals surface area contributed by atoms with E-state index in [2.05, 4.69) is 29.7 Å². The molecule has 1 aliphatic heterocycles. The molecule has 0 radical (unpaired) electrons.